The minimum atomic E-state index is -4.97. The maximum Gasteiger partial charge on any atom is 0.397 e. The van der Waals surface area contributed by atoms with Crippen LogP contribution >= 0.6 is 11.8 Å². The van der Waals surface area contributed by atoms with Crippen molar-refractivity contribution in [2.24, 2.45) is 0 Å². The molecule has 0 saturated carbocycles. The molecule has 0 radical (unpaired) electrons. The van der Waals surface area contributed by atoms with Crippen LogP contribution in [-0.4, -0.2) is 74.7 Å². The van der Waals surface area contributed by atoms with Gasteiger partial charge in [-0.1, -0.05) is 149 Å². The van der Waals surface area contributed by atoms with Crippen molar-refractivity contribution in [2.75, 3.05) is 20.0 Å². The van der Waals surface area contributed by atoms with Gasteiger partial charge in [-0.15, -0.1) is 11.8 Å². The van der Waals surface area contributed by atoms with Crippen LogP contribution in [0.2, 0.25) is 0 Å². The summed E-state index contributed by atoms with van der Waals surface area (Å²) in [5.41, 5.74) is -0.771. The zero-order valence-corrected chi connectivity index (χ0v) is 32.8. The molecule has 12 heteroatoms. The normalized spacial score (nSPS) is 21.1. The Labute approximate surface area is 303 Å². The summed E-state index contributed by atoms with van der Waals surface area (Å²) in [4.78, 5) is 26.1. The van der Waals surface area contributed by atoms with Crippen LogP contribution in [0, 0.1) is 0 Å². The van der Waals surface area contributed by atoms with E-state index >= 15 is 0 Å². The van der Waals surface area contributed by atoms with E-state index in [9.17, 15) is 22.6 Å². The minimum Gasteiger partial charge on any atom is -0.455 e. The molecule has 1 rings (SSSR count). The molecule has 0 spiro atoms. The lowest BCUT2D eigenvalue weighted by atomic mass is 9.99. The highest BCUT2D eigenvalue weighted by molar-refractivity contribution is 7.99. The number of hydrogen-bond acceptors (Lipinski definition) is 10. The van der Waals surface area contributed by atoms with E-state index in [4.69, 9.17) is 23.1 Å². The highest BCUT2D eigenvalue weighted by Gasteiger charge is 2.52. The van der Waals surface area contributed by atoms with Crippen molar-refractivity contribution in [3.63, 3.8) is 0 Å². The van der Waals surface area contributed by atoms with Crippen molar-refractivity contribution in [3.05, 3.63) is 0 Å². The van der Waals surface area contributed by atoms with Crippen LogP contribution < -0.4 is 0 Å². The van der Waals surface area contributed by atoms with Gasteiger partial charge in [-0.05, 0) is 19.1 Å². The quantitative estimate of drug-likeness (QED) is 0.0402. The summed E-state index contributed by atoms with van der Waals surface area (Å²) in [6.45, 7) is 4.36. The summed E-state index contributed by atoms with van der Waals surface area (Å²) in [7, 11) is -3.55. The lowest BCUT2D eigenvalue weighted by molar-refractivity contribution is -0.226. The first kappa shape index (κ1) is 46.1. The van der Waals surface area contributed by atoms with Gasteiger partial charge in [0.05, 0.1) is 6.61 Å². The molecule has 1 fully saturated rings. The van der Waals surface area contributed by atoms with Crippen molar-refractivity contribution in [3.8, 4) is 0 Å². The molecule has 10 nitrogen and oxygen atoms in total. The summed E-state index contributed by atoms with van der Waals surface area (Å²) in [5, 5.41) is 0. The highest BCUT2D eigenvalue weighted by Crippen LogP contribution is 2.34. The zero-order valence-electron chi connectivity index (χ0n) is 31.2. The zero-order chi connectivity index (χ0) is 36.2. The number of thioether (sulfide) groups is 1. The molecule has 0 bridgehead atoms. The maximum absolute atomic E-state index is 13.1. The molecule has 1 N–H and O–H groups in total. The first-order valence-electron chi connectivity index (χ1n) is 19.4. The molecule has 1 unspecified atom stereocenters. The maximum atomic E-state index is 13.1. The predicted molar refractivity (Wildman–Crippen MR) is 197 cm³/mol. The van der Waals surface area contributed by atoms with Crippen molar-refractivity contribution < 1.29 is 45.7 Å². The Hall–Kier alpha value is -0.920. The highest BCUT2D eigenvalue weighted by atomic mass is 32.3. The fraction of sp³-hybridized carbons (Fsp3) is 0.946. The standard InChI is InChI=1S/C37H70O10S2/c1-5-7-9-11-13-15-17-19-21-23-25-27-29-33(39)46-36-35(34(47-49(40,41)42)31(30-43-3)44-37(36)48-4)45-32(38)28-26-24-22-20-18-16-14-12-10-8-6-2/h31,34-37H,5-30H2,1-4H3,(H,40,41,42)/t31-,34-,35+,36-,37?/m1/s1. The van der Waals surface area contributed by atoms with Crippen LogP contribution in [0.3, 0.4) is 0 Å². The van der Waals surface area contributed by atoms with Gasteiger partial charge in [0.1, 0.15) is 17.6 Å². The Bertz CT molecular complexity index is 932. The van der Waals surface area contributed by atoms with E-state index in [1.54, 1.807) is 6.26 Å². The molecule has 49 heavy (non-hydrogen) atoms. The lowest BCUT2D eigenvalue weighted by Gasteiger charge is -2.43. The monoisotopic (exact) mass is 738 g/mol. The Morgan fingerprint density at radius 3 is 1.33 bits per heavy atom. The molecule has 0 aromatic rings. The van der Waals surface area contributed by atoms with Gasteiger partial charge in [0.2, 0.25) is 0 Å². The Kier molecular flexibility index (Phi) is 27.9. The Morgan fingerprint density at radius 1 is 0.612 bits per heavy atom. The third kappa shape index (κ3) is 23.3. The van der Waals surface area contributed by atoms with Gasteiger partial charge in [-0.3, -0.25) is 14.1 Å². The molecular formula is C37H70O10S2. The molecule has 0 amide bonds. The number of unbranched alkanes of at least 4 members (excludes halogenated alkanes) is 21. The van der Waals surface area contributed by atoms with E-state index in [1.807, 2.05) is 0 Å². The molecule has 1 saturated heterocycles. The van der Waals surface area contributed by atoms with Crippen LogP contribution in [0.25, 0.3) is 0 Å². The van der Waals surface area contributed by atoms with E-state index in [0.717, 1.165) is 38.5 Å². The van der Waals surface area contributed by atoms with Gasteiger partial charge >= 0.3 is 22.3 Å². The first-order valence-corrected chi connectivity index (χ1v) is 22.0. The molecule has 1 heterocycles. The largest absolute Gasteiger partial charge is 0.455 e. The lowest BCUT2D eigenvalue weighted by Crippen LogP contribution is -2.61. The van der Waals surface area contributed by atoms with E-state index in [1.165, 1.54) is 115 Å². The van der Waals surface area contributed by atoms with E-state index in [-0.39, 0.29) is 19.4 Å². The van der Waals surface area contributed by atoms with E-state index in [0.29, 0.717) is 12.8 Å². The summed E-state index contributed by atoms with van der Waals surface area (Å²) in [6, 6.07) is 0. The summed E-state index contributed by atoms with van der Waals surface area (Å²) in [6.07, 6.45) is 23.7. The average molecular weight is 739 g/mol. The Morgan fingerprint density at radius 2 is 0.980 bits per heavy atom. The predicted octanol–water partition coefficient (Wildman–Crippen LogP) is 9.52. The summed E-state index contributed by atoms with van der Waals surface area (Å²) in [5.74, 6) is -1.04. The number of carbonyl (C=O) groups is 2. The molecule has 0 aromatic heterocycles. The second-order valence-electron chi connectivity index (χ2n) is 13.6. The molecule has 290 valence electrons. The van der Waals surface area contributed by atoms with E-state index in [2.05, 4.69) is 13.8 Å². The van der Waals surface area contributed by atoms with Crippen molar-refractivity contribution >= 4 is 34.1 Å². The second-order valence-corrected chi connectivity index (χ2v) is 15.5. The molecule has 0 aliphatic carbocycles. The van der Waals surface area contributed by atoms with Gasteiger partial charge in [0, 0.05) is 20.0 Å². The number of esters is 2. The third-order valence-corrected chi connectivity index (χ3v) is 10.5. The number of carbonyl (C=O) groups excluding carboxylic acids is 2. The smallest absolute Gasteiger partial charge is 0.397 e. The van der Waals surface area contributed by atoms with Gasteiger partial charge in [-0.2, -0.15) is 8.42 Å². The topological polar surface area (TPSA) is 135 Å². The number of ether oxygens (including phenoxy) is 4. The molecule has 1 aliphatic rings. The van der Waals surface area contributed by atoms with Crippen LogP contribution in [0.1, 0.15) is 174 Å². The SMILES string of the molecule is CCCCCCCCCCCCCCC(=O)O[C@H]1C(SC)O[C@H](COC)[C@@H](OS(=O)(=O)O)[C@@H]1OC(=O)CCCCCCCCCCCCC. The van der Waals surface area contributed by atoms with Crippen molar-refractivity contribution in [2.45, 2.75) is 204 Å². The minimum absolute atomic E-state index is 0.0938. The third-order valence-electron chi connectivity index (χ3n) is 9.14. The van der Waals surface area contributed by atoms with Crippen LogP contribution in [0.15, 0.2) is 0 Å². The Balaban J connectivity index is 2.67. The van der Waals surface area contributed by atoms with Gasteiger partial charge in [-0.25, -0.2) is 4.18 Å². The fourth-order valence-corrected chi connectivity index (χ4v) is 7.59. The average Bonchev–Trinajstić information content (AvgIpc) is 3.06. The summed E-state index contributed by atoms with van der Waals surface area (Å²) >= 11 is 1.25. The number of hydrogen-bond donors (Lipinski definition) is 1. The van der Waals surface area contributed by atoms with Crippen molar-refractivity contribution in [1.82, 2.24) is 0 Å². The van der Waals surface area contributed by atoms with Crippen LogP contribution in [0.4, 0.5) is 0 Å². The molecule has 5 atom stereocenters. The molecule has 1 aliphatic heterocycles. The fourth-order valence-electron chi connectivity index (χ4n) is 6.35. The summed E-state index contributed by atoms with van der Waals surface area (Å²) < 4.78 is 61.2. The number of rotatable bonds is 32. The molecular weight excluding hydrogens is 669 g/mol. The van der Waals surface area contributed by atoms with Gasteiger partial charge in [0.15, 0.2) is 12.2 Å². The second kappa shape index (κ2) is 29.6. The van der Waals surface area contributed by atoms with Crippen LogP contribution in [0.5, 0.6) is 0 Å². The van der Waals surface area contributed by atoms with Crippen LogP contribution in [-0.2, 0) is 43.1 Å². The van der Waals surface area contributed by atoms with Crippen molar-refractivity contribution in [1.29, 1.82) is 0 Å². The van der Waals surface area contributed by atoms with E-state index < -0.39 is 52.2 Å². The number of methoxy groups -OCH3 is 1. The first-order chi connectivity index (χ1) is 23.7. The molecule has 0 aromatic carbocycles. The van der Waals surface area contributed by atoms with Gasteiger partial charge in [0.25, 0.3) is 0 Å². The van der Waals surface area contributed by atoms with Gasteiger partial charge < -0.3 is 18.9 Å².